The van der Waals surface area contributed by atoms with Crippen molar-refractivity contribution in [3.05, 3.63) is 76.4 Å². The minimum absolute atomic E-state index is 0.219. The number of carbonyl (C=O) groups excluding carboxylic acids is 1. The number of hydrogen-bond acceptors (Lipinski definition) is 6. The molecule has 0 unspecified atom stereocenters. The van der Waals surface area contributed by atoms with Gasteiger partial charge in [0.25, 0.3) is 5.91 Å². The average Bonchev–Trinajstić information content (AvgIpc) is 3.54. The highest BCUT2D eigenvalue weighted by atomic mass is 32.1. The van der Waals surface area contributed by atoms with E-state index in [1.807, 2.05) is 37.4 Å². The fraction of sp³-hybridized carbons (Fsp3) is 0.345. The van der Waals surface area contributed by atoms with Crippen LogP contribution in [-0.2, 0) is 13.1 Å². The van der Waals surface area contributed by atoms with Crippen molar-refractivity contribution in [3.63, 3.8) is 0 Å². The van der Waals surface area contributed by atoms with E-state index < -0.39 is 0 Å². The van der Waals surface area contributed by atoms with Gasteiger partial charge in [-0.25, -0.2) is 10.4 Å². The number of rotatable bonds is 8. The van der Waals surface area contributed by atoms with Crippen LogP contribution in [0.1, 0.15) is 41.0 Å². The molecule has 1 saturated heterocycles. The molecule has 1 fully saturated rings. The van der Waals surface area contributed by atoms with Crippen LogP contribution >= 0.6 is 11.3 Å². The van der Waals surface area contributed by atoms with Gasteiger partial charge in [-0.3, -0.25) is 9.69 Å². The lowest BCUT2D eigenvalue weighted by Crippen LogP contribution is -2.45. The van der Waals surface area contributed by atoms with Gasteiger partial charge >= 0.3 is 0 Å². The van der Waals surface area contributed by atoms with Crippen LogP contribution in [0, 0.1) is 6.92 Å². The Morgan fingerprint density at radius 2 is 1.81 bits per heavy atom. The van der Waals surface area contributed by atoms with E-state index in [4.69, 9.17) is 4.98 Å². The predicted molar refractivity (Wildman–Crippen MR) is 152 cm³/mol. The standard InChI is InChI=1S/C29H34N6OS/c1-4-33-12-14-34(15-13-33)18-24-20-37-29(31-24)23-10-11-27-25(16-23)26(19-35(27)5-2)28(36)32-30-17-22-8-6-21(3)7-9-22/h6-11,16-17,19-20H,4-5,12-15,18H2,1-3H3,(H,32,36)/b30-17+. The van der Waals surface area contributed by atoms with Gasteiger partial charge in [-0.2, -0.15) is 5.10 Å². The third kappa shape index (κ3) is 5.82. The first kappa shape index (κ1) is 25.3. The fourth-order valence-corrected chi connectivity index (χ4v) is 5.56. The first-order valence-electron chi connectivity index (χ1n) is 13.0. The largest absolute Gasteiger partial charge is 0.347 e. The van der Waals surface area contributed by atoms with E-state index >= 15 is 0 Å². The van der Waals surface area contributed by atoms with Crippen molar-refractivity contribution in [1.29, 1.82) is 0 Å². The smallest absolute Gasteiger partial charge is 0.273 e. The number of hydrogen-bond donors (Lipinski definition) is 1. The summed E-state index contributed by atoms with van der Waals surface area (Å²) >= 11 is 1.67. The Morgan fingerprint density at radius 3 is 2.54 bits per heavy atom. The molecule has 7 nitrogen and oxygen atoms in total. The Hall–Kier alpha value is -3.33. The van der Waals surface area contributed by atoms with Crippen molar-refractivity contribution in [2.24, 2.45) is 5.10 Å². The molecule has 1 aliphatic rings. The van der Waals surface area contributed by atoms with E-state index in [0.717, 1.165) is 78.5 Å². The second kappa shape index (κ2) is 11.4. The summed E-state index contributed by atoms with van der Waals surface area (Å²) in [4.78, 5) is 23.0. The van der Waals surface area contributed by atoms with Crippen LogP contribution in [0.5, 0.6) is 0 Å². The number of nitrogens with one attached hydrogen (secondary N) is 1. The van der Waals surface area contributed by atoms with Crippen molar-refractivity contribution in [2.75, 3.05) is 32.7 Å². The van der Waals surface area contributed by atoms with Gasteiger partial charge < -0.3 is 9.47 Å². The summed E-state index contributed by atoms with van der Waals surface area (Å²) in [6.45, 7) is 13.6. The highest BCUT2D eigenvalue weighted by Gasteiger charge is 2.18. The number of aromatic nitrogens is 2. The summed E-state index contributed by atoms with van der Waals surface area (Å²) < 4.78 is 2.10. The first-order chi connectivity index (χ1) is 18.0. The lowest BCUT2D eigenvalue weighted by atomic mass is 10.1. The number of piperazine rings is 1. The van der Waals surface area contributed by atoms with E-state index in [1.54, 1.807) is 17.6 Å². The summed E-state index contributed by atoms with van der Waals surface area (Å²) in [5, 5.41) is 8.25. The van der Waals surface area contributed by atoms with Crippen LogP contribution in [0.2, 0.25) is 0 Å². The number of likely N-dealkylation sites (N-methyl/N-ethyl adjacent to an activating group) is 1. The zero-order valence-electron chi connectivity index (χ0n) is 21.8. The summed E-state index contributed by atoms with van der Waals surface area (Å²) in [6.07, 6.45) is 3.58. The fourth-order valence-electron chi connectivity index (χ4n) is 4.76. The number of carbonyl (C=O) groups is 1. The maximum Gasteiger partial charge on any atom is 0.273 e. The molecule has 0 bridgehead atoms. The first-order valence-corrected chi connectivity index (χ1v) is 13.8. The summed E-state index contributed by atoms with van der Waals surface area (Å²) in [5.74, 6) is -0.219. The molecule has 0 aliphatic carbocycles. The topological polar surface area (TPSA) is 65.8 Å². The van der Waals surface area contributed by atoms with Crippen molar-refractivity contribution in [3.8, 4) is 10.6 Å². The lowest BCUT2D eigenvalue weighted by Gasteiger charge is -2.33. The van der Waals surface area contributed by atoms with Gasteiger partial charge in [-0.15, -0.1) is 11.3 Å². The molecule has 37 heavy (non-hydrogen) atoms. The molecule has 0 atom stereocenters. The average molecular weight is 515 g/mol. The lowest BCUT2D eigenvalue weighted by molar-refractivity contribution is 0.0956. The Labute approximate surface area is 222 Å². The van der Waals surface area contributed by atoms with Crippen LogP contribution < -0.4 is 5.43 Å². The molecular weight excluding hydrogens is 480 g/mol. The molecule has 0 saturated carbocycles. The molecule has 2 aromatic carbocycles. The monoisotopic (exact) mass is 514 g/mol. The molecule has 1 amide bonds. The molecule has 3 heterocycles. The van der Waals surface area contributed by atoms with Gasteiger partial charge in [-0.1, -0.05) is 36.8 Å². The number of hydrazone groups is 1. The van der Waals surface area contributed by atoms with Gasteiger partial charge in [0, 0.05) is 67.3 Å². The third-order valence-corrected chi connectivity index (χ3v) is 7.96. The Kier molecular flexibility index (Phi) is 7.79. The second-order valence-corrected chi connectivity index (χ2v) is 10.4. The van der Waals surface area contributed by atoms with Gasteiger partial charge in [-0.05, 0) is 44.2 Å². The van der Waals surface area contributed by atoms with Crippen LogP contribution in [-0.4, -0.2) is 64.2 Å². The molecule has 1 aliphatic heterocycles. The van der Waals surface area contributed by atoms with Crippen molar-refractivity contribution in [1.82, 2.24) is 24.8 Å². The quantitative estimate of drug-likeness (QED) is 0.266. The Morgan fingerprint density at radius 1 is 1.05 bits per heavy atom. The van der Waals surface area contributed by atoms with Gasteiger partial charge in [0.2, 0.25) is 0 Å². The number of nitrogens with zero attached hydrogens (tertiary/aromatic N) is 5. The summed E-state index contributed by atoms with van der Waals surface area (Å²) in [7, 11) is 0. The normalized spacial score (nSPS) is 15.1. The number of aryl methyl sites for hydroxylation is 2. The molecule has 8 heteroatoms. The Balaban J connectivity index is 1.33. The number of fused-ring (bicyclic) bond motifs is 1. The number of amides is 1. The number of benzene rings is 2. The van der Waals surface area contributed by atoms with E-state index in [-0.39, 0.29) is 5.91 Å². The van der Waals surface area contributed by atoms with E-state index in [0.29, 0.717) is 5.56 Å². The van der Waals surface area contributed by atoms with Crippen LogP contribution in [0.4, 0.5) is 0 Å². The van der Waals surface area contributed by atoms with Gasteiger partial charge in [0.05, 0.1) is 17.5 Å². The molecule has 2 aromatic heterocycles. The van der Waals surface area contributed by atoms with Crippen molar-refractivity contribution in [2.45, 2.75) is 33.9 Å². The second-order valence-electron chi connectivity index (χ2n) is 9.52. The maximum absolute atomic E-state index is 13.1. The van der Waals surface area contributed by atoms with Gasteiger partial charge in [0.1, 0.15) is 5.01 Å². The van der Waals surface area contributed by atoms with E-state index in [2.05, 4.69) is 62.3 Å². The molecule has 0 spiro atoms. The molecular formula is C29H34N6OS. The van der Waals surface area contributed by atoms with Gasteiger partial charge in [0.15, 0.2) is 0 Å². The Bertz CT molecular complexity index is 1400. The summed E-state index contributed by atoms with van der Waals surface area (Å²) in [5.41, 5.74) is 8.62. The van der Waals surface area contributed by atoms with E-state index in [1.165, 1.54) is 5.56 Å². The van der Waals surface area contributed by atoms with Crippen LogP contribution in [0.25, 0.3) is 21.5 Å². The SMILES string of the molecule is CCN1CCN(Cc2csc(-c3ccc4c(c3)c(C(=O)N/N=C/c3ccc(C)cc3)cn4CC)n2)CC1. The van der Waals surface area contributed by atoms with Crippen LogP contribution in [0.3, 0.4) is 0 Å². The summed E-state index contributed by atoms with van der Waals surface area (Å²) in [6, 6.07) is 14.3. The number of thiazole rings is 1. The van der Waals surface area contributed by atoms with Crippen LogP contribution in [0.15, 0.2) is 59.1 Å². The van der Waals surface area contributed by atoms with E-state index in [9.17, 15) is 4.79 Å². The molecule has 1 N–H and O–H groups in total. The highest BCUT2D eigenvalue weighted by Crippen LogP contribution is 2.30. The third-order valence-electron chi connectivity index (χ3n) is 7.02. The molecule has 0 radical (unpaired) electrons. The maximum atomic E-state index is 13.1. The molecule has 4 aromatic rings. The predicted octanol–water partition coefficient (Wildman–Crippen LogP) is 4.99. The molecule has 192 valence electrons. The van der Waals surface area contributed by atoms with Crippen molar-refractivity contribution >= 4 is 34.4 Å². The zero-order valence-corrected chi connectivity index (χ0v) is 22.6. The molecule has 5 rings (SSSR count). The van der Waals surface area contributed by atoms with Crippen molar-refractivity contribution < 1.29 is 4.79 Å². The minimum atomic E-state index is -0.219. The highest BCUT2D eigenvalue weighted by molar-refractivity contribution is 7.13. The zero-order chi connectivity index (χ0) is 25.8. The minimum Gasteiger partial charge on any atom is -0.347 e.